The van der Waals surface area contributed by atoms with Gasteiger partial charge in [0, 0.05) is 29.0 Å². The minimum Gasteiger partial charge on any atom is -0.496 e. The van der Waals surface area contributed by atoms with Crippen molar-refractivity contribution in [3.05, 3.63) is 92.7 Å². The maximum Gasteiger partial charge on any atom is 0.257 e. The number of H-pyrrole nitrogens is 1. The SMILES string of the molecule is COc1ccccc1C1C2=C(CC(C)(C)CC2=O)Nc2nc(SCc3ccccc3F)[nH]c(=O)c21. The molecular formula is C27H26FN3O3S. The van der Waals surface area contributed by atoms with Crippen molar-refractivity contribution in [1.82, 2.24) is 9.97 Å². The number of halogens is 1. The van der Waals surface area contributed by atoms with Gasteiger partial charge in [-0.05, 0) is 29.5 Å². The van der Waals surface area contributed by atoms with E-state index < -0.39 is 5.92 Å². The van der Waals surface area contributed by atoms with Gasteiger partial charge in [0.15, 0.2) is 10.9 Å². The summed E-state index contributed by atoms with van der Waals surface area (Å²) in [5.41, 5.74) is 2.50. The Morgan fingerprint density at radius 3 is 2.63 bits per heavy atom. The van der Waals surface area contributed by atoms with Gasteiger partial charge in [0.25, 0.3) is 5.56 Å². The van der Waals surface area contributed by atoms with E-state index in [9.17, 15) is 14.0 Å². The largest absolute Gasteiger partial charge is 0.496 e. The first-order chi connectivity index (χ1) is 16.8. The standard InChI is InChI=1S/C27H26FN3O3S/c1-27(2)12-18-22(19(32)13-27)21(16-9-5-7-11-20(16)34-3)23-24(29-18)30-26(31-25(23)33)35-14-15-8-4-6-10-17(15)28/h4-11,21H,12-14H2,1-3H3,(H2,29,30,31,33). The molecule has 3 aromatic rings. The molecule has 1 atom stereocenters. The number of hydrogen-bond acceptors (Lipinski definition) is 6. The lowest BCUT2D eigenvalue weighted by Crippen LogP contribution is -2.37. The van der Waals surface area contributed by atoms with Crippen LogP contribution in [0.25, 0.3) is 0 Å². The normalized spacial score (nSPS) is 18.5. The number of Topliss-reactive ketones (excluding diaryl/α,β-unsaturated/α-hetero) is 1. The number of fused-ring (bicyclic) bond motifs is 1. The van der Waals surface area contributed by atoms with E-state index in [0.717, 1.165) is 11.3 Å². The molecule has 8 heteroatoms. The zero-order chi connectivity index (χ0) is 24.7. The third-order valence-corrected chi connectivity index (χ3v) is 7.39. The zero-order valence-corrected chi connectivity index (χ0v) is 20.6. The van der Waals surface area contributed by atoms with Crippen LogP contribution in [0, 0.1) is 11.2 Å². The van der Waals surface area contributed by atoms with Gasteiger partial charge in [-0.3, -0.25) is 9.59 Å². The first-order valence-electron chi connectivity index (χ1n) is 11.4. The van der Waals surface area contributed by atoms with Crippen molar-refractivity contribution in [2.45, 2.75) is 43.5 Å². The van der Waals surface area contributed by atoms with E-state index in [1.54, 1.807) is 25.3 Å². The number of carbonyl (C=O) groups excluding carboxylic acids is 1. The predicted molar refractivity (Wildman–Crippen MR) is 134 cm³/mol. The molecule has 35 heavy (non-hydrogen) atoms. The zero-order valence-electron chi connectivity index (χ0n) is 19.8. The van der Waals surface area contributed by atoms with Gasteiger partial charge in [-0.15, -0.1) is 0 Å². The average Bonchev–Trinajstić information content (AvgIpc) is 2.81. The summed E-state index contributed by atoms with van der Waals surface area (Å²) in [5, 5.41) is 3.70. The van der Waals surface area contributed by atoms with Gasteiger partial charge in [0.2, 0.25) is 0 Å². The minimum absolute atomic E-state index is 0.0164. The fraction of sp³-hybridized carbons (Fsp3) is 0.296. The monoisotopic (exact) mass is 491 g/mol. The van der Waals surface area contributed by atoms with Gasteiger partial charge in [0.05, 0.1) is 18.6 Å². The Balaban J connectivity index is 1.62. The molecule has 2 aromatic carbocycles. The van der Waals surface area contributed by atoms with E-state index in [0.29, 0.717) is 52.0 Å². The Kier molecular flexibility index (Phi) is 6.01. The molecule has 0 saturated carbocycles. The highest BCUT2D eigenvalue weighted by Crippen LogP contribution is 2.49. The fourth-order valence-electron chi connectivity index (χ4n) is 4.94. The molecule has 2 N–H and O–H groups in total. The van der Waals surface area contributed by atoms with Crippen molar-refractivity contribution in [2.75, 3.05) is 12.4 Å². The number of aromatic amines is 1. The maximum absolute atomic E-state index is 14.1. The summed E-state index contributed by atoms with van der Waals surface area (Å²) in [6, 6.07) is 14.0. The van der Waals surface area contributed by atoms with Crippen LogP contribution in [-0.4, -0.2) is 22.9 Å². The maximum atomic E-state index is 14.1. The molecule has 5 rings (SSSR count). The Morgan fingerprint density at radius 1 is 1.11 bits per heavy atom. The molecule has 180 valence electrons. The molecule has 2 aliphatic rings. The summed E-state index contributed by atoms with van der Waals surface area (Å²) in [6.07, 6.45) is 1.06. The van der Waals surface area contributed by atoms with E-state index in [1.165, 1.54) is 17.8 Å². The molecule has 0 spiro atoms. The van der Waals surface area contributed by atoms with Gasteiger partial charge >= 0.3 is 0 Å². The fourth-order valence-corrected chi connectivity index (χ4v) is 5.79. The Hall–Kier alpha value is -3.39. The van der Waals surface area contributed by atoms with Crippen molar-refractivity contribution in [3.8, 4) is 5.75 Å². The van der Waals surface area contributed by atoms with Crippen molar-refractivity contribution in [2.24, 2.45) is 5.41 Å². The topological polar surface area (TPSA) is 84.1 Å². The lowest BCUT2D eigenvalue weighted by molar-refractivity contribution is -0.118. The van der Waals surface area contributed by atoms with Crippen LogP contribution in [0.3, 0.4) is 0 Å². The number of rotatable bonds is 5. The number of aromatic nitrogens is 2. The van der Waals surface area contributed by atoms with Crippen LogP contribution in [-0.2, 0) is 10.5 Å². The Bertz CT molecular complexity index is 1410. The molecule has 0 radical (unpaired) electrons. The molecule has 0 saturated heterocycles. The van der Waals surface area contributed by atoms with E-state index in [4.69, 9.17) is 9.72 Å². The van der Waals surface area contributed by atoms with Crippen molar-refractivity contribution in [1.29, 1.82) is 0 Å². The molecule has 0 amide bonds. The molecule has 0 bridgehead atoms. The number of allylic oxidation sites excluding steroid dienone is 2. The van der Waals surface area contributed by atoms with E-state index in [-0.39, 0.29) is 22.6 Å². The summed E-state index contributed by atoms with van der Waals surface area (Å²) < 4.78 is 19.7. The van der Waals surface area contributed by atoms with Crippen LogP contribution in [0.5, 0.6) is 5.75 Å². The number of ether oxygens (including phenoxy) is 1. The second-order valence-electron chi connectivity index (χ2n) is 9.65. The summed E-state index contributed by atoms with van der Waals surface area (Å²) in [6.45, 7) is 4.12. The second-order valence-corrected chi connectivity index (χ2v) is 10.6. The number of hydrogen-bond donors (Lipinski definition) is 2. The third kappa shape index (κ3) is 4.38. The average molecular weight is 492 g/mol. The highest BCUT2D eigenvalue weighted by molar-refractivity contribution is 7.98. The molecule has 1 aromatic heterocycles. The smallest absolute Gasteiger partial charge is 0.257 e. The van der Waals surface area contributed by atoms with Gasteiger partial charge in [-0.1, -0.05) is 62.0 Å². The van der Waals surface area contributed by atoms with Gasteiger partial charge in [-0.2, -0.15) is 0 Å². The summed E-state index contributed by atoms with van der Waals surface area (Å²) in [7, 11) is 1.58. The van der Waals surface area contributed by atoms with E-state index in [2.05, 4.69) is 24.1 Å². The lowest BCUT2D eigenvalue weighted by atomic mass is 9.69. The third-order valence-electron chi connectivity index (χ3n) is 6.47. The number of carbonyl (C=O) groups is 1. The number of nitrogens with zero attached hydrogens (tertiary/aromatic N) is 1. The first-order valence-corrected chi connectivity index (χ1v) is 12.4. The number of anilines is 1. The first kappa shape index (κ1) is 23.4. The van der Waals surface area contributed by atoms with Gasteiger partial charge in [-0.25, -0.2) is 9.37 Å². The highest BCUT2D eigenvalue weighted by atomic mass is 32.2. The summed E-state index contributed by atoms with van der Waals surface area (Å²) >= 11 is 1.25. The van der Waals surface area contributed by atoms with Crippen molar-refractivity contribution in [3.63, 3.8) is 0 Å². The Labute approximate surface area is 207 Å². The second kappa shape index (κ2) is 9.00. The molecule has 6 nitrogen and oxygen atoms in total. The lowest BCUT2D eigenvalue weighted by Gasteiger charge is -2.38. The highest BCUT2D eigenvalue weighted by Gasteiger charge is 2.43. The van der Waals surface area contributed by atoms with Crippen molar-refractivity contribution >= 4 is 23.4 Å². The van der Waals surface area contributed by atoms with Crippen LogP contribution in [0.4, 0.5) is 10.2 Å². The quantitative estimate of drug-likeness (QED) is 0.367. The van der Waals surface area contributed by atoms with Gasteiger partial charge < -0.3 is 15.0 Å². The number of para-hydroxylation sites is 1. The van der Waals surface area contributed by atoms with E-state index in [1.807, 2.05) is 24.3 Å². The molecule has 2 heterocycles. The molecule has 1 aliphatic carbocycles. The van der Waals surface area contributed by atoms with Gasteiger partial charge in [0.1, 0.15) is 17.4 Å². The summed E-state index contributed by atoms with van der Waals surface area (Å²) in [5.74, 6) is 0.472. The summed E-state index contributed by atoms with van der Waals surface area (Å²) in [4.78, 5) is 34.4. The number of nitrogens with one attached hydrogen (secondary N) is 2. The Morgan fingerprint density at radius 2 is 1.86 bits per heavy atom. The molecule has 1 aliphatic heterocycles. The van der Waals surface area contributed by atoms with Crippen LogP contribution >= 0.6 is 11.8 Å². The van der Waals surface area contributed by atoms with Crippen LogP contribution in [0.1, 0.15) is 49.3 Å². The molecular weight excluding hydrogens is 465 g/mol. The predicted octanol–water partition coefficient (Wildman–Crippen LogP) is 5.41. The van der Waals surface area contributed by atoms with Crippen molar-refractivity contribution < 1.29 is 13.9 Å². The number of thioether (sulfide) groups is 1. The molecule has 0 fully saturated rings. The van der Waals surface area contributed by atoms with Crippen LogP contribution < -0.4 is 15.6 Å². The number of methoxy groups -OCH3 is 1. The van der Waals surface area contributed by atoms with Crippen LogP contribution in [0.15, 0.2) is 69.8 Å². The molecule has 1 unspecified atom stereocenters. The van der Waals surface area contributed by atoms with Crippen LogP contribution in [0.2, 0.25) is 0 Å². The van der Waals surface area contributed by atoms with E-state index >= 15 is 0 Å². The number of ketones is 1. The number of benzene rings is 2. The minimum atomic E-state index is -0.595.